The number of hydrogen-bond acceptors (Lipinski definition) is 4. The lowest BCUT2D eigenvalue weighted by Crippen LogP contribution is -2.33. The molecular weight excluding hydrogens is 352 g/mol. The summed E-state index contributed by atoms with van der Waals surface area (Å²) in [5, 5.41) is 14.0. The van der Waals surface area contributed by atoms with E-state index in [-0.39, 0.29) is 6.03 Å². The van der Waals surface area contributed by atoms with Gasteiger partial charge in [-0.25, -0.2) is 4.79 Å². The average Bonchev–Trinajstić information content (AvgIpc) is 3.24. The van der Waals surface area contributed by atoms with Gasteiger partial charge in [0.15, 0.2) is 0 Å². The van der Waals surface area contributed by atoms with Gasteiger partial charge in [-0.2, -0.15) is 0 Å². The highest BCUT2D eigenvalue weighted by atomic mass is 16.4. The number of nitrogens with zero attached hydrogens (tertiary/aromatic N) is 2. The Morgan fingerprint density at radius 3 is 2.07 bits per heavy atom. The van der Waals surface area contributed by atoms with Gasteiger partial charge in [-0.05, 0) is 29.8 Å². The van der Waals surface area contributed by atoms with Crippen molar-refractivity contribution in [3.8, 4) is 11.5 Å². The van der Waals surface area contributed by atoms with Crippen molar-refractivity contribution < 1.29 is 9.21 Å². The fraction of sp³-hybridized carbons (Fsp3) is 0.0455. The molecule has 4 rings (SSSR count). The molecule has 0 aliphatic rings. The van der Waals surface area contributed by atoms with Crippen LogP contribution in [0, 0.1) is 0 Å². The lowest BCUT2D eigenvalue weighted by molar-refractivity contribution is 0.248. The number of para-hydroxylation sites is 1. The molecule has 0 spiro atoms. The molecule has 1 heterocycles. The number of nitrogens with one attached hydrogen (secondary N) is 2. The summed E-state index contributed by atoms with van der Waals surface area (Å²) in [6, 6.07) is 27.3. The van der Waals surface area contributed by atoms with Crippen molar-refractivity contribution >= 4 is 11.7 Å². The highest BCUT2D eigenvalue weighted by molar-refractivity contribution is 5.89. The van der Waals surface area contributed by atoms with Crippen molar-refractivity contribution in [2.75, 3.05) is 5.32 Å². The largest absolute Gasteiger partial charge is 0.418 e. The van der Waals surface area contributed by atoms with Crippen LogP contribution in [0.2, 0.25) is 0 Å². The van der Waals surface area contributed by atoms with Gasteiger partial charge >= 0.3 is 6.03 Å². The maximum atomic E-state index is 12.5. The Hall–Kier alpha value is -3.93. The molecule has 6 nitrogen and oxygen atoms in total. The second-order valence-corrected chi connectivity index (χ2v) is 6.12. The first-order chi connectivity index (χ1) is 13.8. The molecule has 0 fully saturated rings. The molecule has 0 aliphatic carbocycles. The molecule has 1 atom stereocenters. The molecule has 1 aromatic heterocycles. The molecule has 6 heteroatoms. The van der Waals surface area contributed by atoms with Crippen molar-refractivity contribution in [2.45, 2.75) is 6.04 Å². The predicted molar refractivity (Wildman–Crippen MR) is 107 cm³/mol. The maximum absolute atomic E-state index is 12.5. The van der Waals surface area contributed by atoms with E-state index >= 15 is 0 Å². The first kappa shape index (κ1) is 17.5. The normalized spacial score (nSPS) is 11.6. The van der Waals surface area contributed by atoms with Crippen LogP contribution in [-0.4, -0.2) is 16.2 Å². The fourth-order valence-electron chi connectivity index (χ4n) is 2.80. The van der Waals surface area contributed by atoms with Gasteiger partial charge in [0.05, 0.1) is 0 Å². The molecule has 0 radical (unpaired) electrons. The predicted octanol–water partition coefficient (Wildman–Crippen LogP) is 4.65. The Balaban J connectivity index is 1.60. The minimum atomic E-state index is -0.574. The number of carbonyl (C=O) groups excluding carboxylic acids is 1. The Morgan fingerprint density at radius 1 is 0.786 bits per heavy atom. The van der Waals surface area contributed by atoms with Gasteiger partial charge in [-0.1, -0.05) is 66.7 Å². The third-order valence-corrected chi connectivity index (χ3v) is 4.15. The summed E-state index contributed by atoms with van der Waals surface area (Å²) in [6.45, 7) is 0. The third kappa shape index (κ3) is 4.07. The summed E-state index contributed by atoms with van der Waals surface area (Å²) in [5.74, 6) is 0.718. The number of anilines is 1. The van der Waals surface area contributed by atoms with Crippen LogP contribution in [0.1, 0.15) is 17.5 Å². The van der Waals surface area contributed by atoms with Crippen LogP contribution in [0.4, 0.5) is 10.5 Å². The van der Waals surface area contributed by atoms with E-state index in [0.29, 0.717) is 17.5 Å². The summed E-state index contributed by atoms with van der Waals surface area (Å²) < 4.78 is 5.87. The van der Waals surface area contributed by atoms with Crippen molar-refractivity contribution in [1.82, 2.24) is 15.5 Å². The van der Waals surface area contributed by atoms with E-state index in [1.165, 1.54) is 0 Å². The molecule has 2 amide bonds. The zero-order chi connectivity index (χ0) is 19.2. The van der Waals surface area contributed by atoms with E-state index in [1.54, 1.807) is 0 Å². The van der Waals surface area contributed by atoms with Crippen molar-refractivity contribution in [3.05, 3.63) is 102 Å². The average molecular weight is 370 g/mol. The number of aromatic nitrogens is 2. The number of benzene rings is 3. The van der Waals surface area contributed by atoms with Gasteiger partial charge in [-0.3, -0.25) is 0 Å². The Bertz CT molecular complexity index is 1030. The van der Waals surface area contributed by atoms with E-state index in [0.717, 1.165) is 11.1 Å². The molecule has 2 N–H and O–H groups in total. The summed E-state index contributed by atoms with van der Waals surface area (Å²) in [7, 11) is 0. The van der Waals surface area contributed by atoms with Gasteiger partial charge in [-0.15, -0.1) is 10.2 Å². The van der Waals surface area contributed by atoms with Gasteiger partial charge in [0.25, 0.3) is 0 Å². The quantitative estimate of drug-likeness (QED) is 0.536. The van der Waals surface area contributed by atoms with Gasteiger partial charge in [0.1, 0.15) is 6.04 Å². The second kappa shape index (κ2) is 8.18. The van der Waals surface area contributed by atoms with Crippen LogP contribution in [0.15, 0.2) is 95.4 Å². The molecule has 28 heavy (non-hydrogen) atoms. The highest BCUT2D eigenvalue weighted by Gasteiger charge is 2.23. The van der Waals surface area contributed by atoms with Crippen molar-refractivity contribution in [3.63, 3.8) is 0 Å². The molecule has 138 valence electrons. The smallest absolute Gasteiger partial charge is 0.320 e. The Morgan fingerprint density at radius 2 is 1.39 bits per heavy atom. The Kier molecular flexibility index (Phi) is 5.11. The number of amides is 2. The van der Waals surface area contributed by atoms with Crippen LogP contribution < -0.4 is 10.6 Å². The van der Waals surface area contributed by atoms with Crippen LogP contribution in [-0.2, 0) is 0 Å². The summed E-state index contributed by atoms with van der Waals surface area (Å²) in [5.41, 5.74) is 2.36. The van der Waals surface area contributed by atoms with Crippen molar-refractivity contribution in [2.24, 2.45) is 0 Å². The number of carbonyl (C=O) groups is 1. The second-order valence-electron chi connectivity index (χ2n) is 6.12. The summed E-state index contributed by atoms with van der Waals surface area (Å²) in [4.78, 5) is 12.5. The zero-order valence-electron chi connectivity index (χ0n) is 14.9. The lowest BCUT2D eigenvalue weighted by atomic mass is 10.1. The van der Waals surface area contributed by atoms with Crippen LogP contribution in [0.5, 0.6) is 0 Å². The molecule has 0 saturated carbocycles. The van der Waals surface area contributed by atoms with E-state index in [4.69, 9.17) is 4.42 Å². The SMILES string of the molecule is O=C(Nc1ccccc1)N[C@H](c1ccccc1)c1nnc(-c2ccccc2)o1. The Labute approximate surface area is 162 Å². The third-order valence-electron chi connectivity index (χ3n) is 4.15. The van der Waals surface area contributed by atoms with Gasteiger partial charge in [0, 0.05) is 11.3 Å². The van der Waals surface area contributed by atoms with E-state index in [9.17, 15) is 4.79 Å². The van der Waals surface area contributed by atoms with E-state index < -0.39 is 6.04 Å². The lowest BCUT2D eigenvalue weighted by Gasteiger charge is -2.16. The monoisotopic (exact) mass is 370 g/mol. The van der Waals surface area contributed by atoms with Gasteiger partial charge < -0.3 is 15.1 Å². The van der Waals surface area contributed by atoms with Crippen LogP contribution >= 0.6 is 0 Å². The minimum Gasteiger partial charge on any atom is -0.418 e. The van der Waals surface area contributed by atoms with Crippen molar-refractivity contribution in [1.29, 1.82) is 0 Å². The zero-order valence-corrected chi connectivity index (χ0v) is 14.9. The van der Waals surface area contributed by atoms with E-state index in [1.807, 2.05) is 91.0 Å². The molecule has 0 aliphatic heterocycles. The topological polar surface area (TPSA) is 80.0 Å². The maximum Gasteiger partial charge on any atom is 0.320 e. The summed E-state index contributed by atoms with van der Waals surface area (Å²) >= 11 is 0. The van der Waals surface area contributed by atoms with Crippen LogP contribution in [0.3, 0.4) is 0 Å². The highest BCUT2D eigenvalue weighted by Crippen LogP contribution is 2.25. The molecule has 4 aromatic rings. The number of hydrogen-bond donors (Lipinski definition) is 2. The number of urea groups is 1. The standard InChI is InChI=1S/C22H18N4O2/c27-22(23-18-14-8-3-9-15-18)24-19(16-10-4-1-5-11-16)21-26-25-20(28-21)17-12-6-2-7-13-17/h1-15,19H,(H2,23,24,27)/t19-/m1/s1. The van der Waals surface area contributed by atoms with E-state index in [2.05, 4.69) is 20.8 Å². The van der Waals surface area contributed by atoms with Gasteiger partial charge in [0.2, 0.25) is 11.8 Å². The molecule has 0 saturated heterocycles. The van der Waals surface area contributed by atoms with Crippen LogP contribution in [0.25, 0.3) is 11.5 Å². The first-order valence-corrected chi connectivity index (χ1v) is 8.86. The molecule has 0 unspecified atom stereocenters. The first-order valence-electron chi connectivity index (χ1n) is 8.86. The molecule has 3 aromatic carbocycles. The number of rotatable bonds is 5. The molecular formula is C22H18N4O2. The summed E-state index contributed by atoms with van der Waals surface area (Å²) in [6.07, 6.45) is 0. The fourth-order valence-corrected chi connectivity index (χ4v) is 2.80. The minimum absolute atomic E-state index is 0.313. The molecule has 0 bridgehead atoms.